The van der Waals surface area contributed by atoms with Crippen molar-refractivity contribution in [3.8, 4) is 0 Å². The van der Waals surface area contributed by atoms with Gasteiger partial charge in [0, 0.05) is 13.1 Å². The van der Waals surface area contributed by atoms with E-state index in [2.05, 4.69) is 5.32 Å². The highest BCUT2D eigenvalue weighted by atomic mass is 35.5. The van der Waals surface area contributed by atoms with E-state index in [0.29, 0.717) is 19.6 Å². The highest BCUT2D eigenvalue weighted by Gasteiger charge is 2.36. The van der Waals surface area contributed by atoms with E-state index in [-0.39, 0.29) is 23.9 Å². The Hall–Kier alpha value is -0.830. The molecule has 1 unspecified atom stereocenters. The third-order valence-electron chi connectivity index (χ3n) is 3.80. The van der Waals surface area contributed by atoms with E-state index in [0.717, 1.165) is 12.5 Å². The number of alkyl halides is 3. The van der Waals surface area contributed by atoms with Gasteiger partial charge in [0.2, 0.25) is 10.0 Å². The molecule has 1 aromatic carbocycles. The van der Waals surface area contributed by atoms with E-state index in [1.165, 1.54) is 22.5 Å². The van der Waals surface area contributed by atoms with Crippen molar-refractivity contribution in [1.82, 2.24) is 9.62 Å². The Morgan fingerprint density at radius 1 is 1.30 bits per heavy atom. The van der Waals surface area contributed by atoms with Gasteiger partial charge in [-0.15, -0.1) is 12.4 Å². The third-order valence-corrected chi connectivity index (χ3v) is 5.59. The van der Waals surface area contributed by atoms with Crippen molar-refractivity contribution in [2.24, 2.45) is 5.92 Å². The molecule has 1 N–H and O–H groups in total. The number of benzene rings is 1. The molecule has 1 heterocycles. The predicted molar refractivity (Wildman–Crippen MR) is 84.9 cm³/mol. The van der Waals surface area contributed by atoms with Crippen LogP contribution < -0.4 is 5.32 Å². The Balaban J connectivity index is 0.00000264. The number of nitrogens with one attached hydrogen (secondary N) is 1. The summed E-state index contributed by atoms with van der Waals surface area (Å²) in [5.41, 5.74) is -1.09. The summed E-state index contributed by atoms with van der Waals surface area (Å²) in [5, 5.41) is 2.99. The van der Waals surface area contributed by atoms with Crippen LogP contribution in [0.3, 0.4) is 0 Å². The van der Waals surface area contributed by atoms with Crippen molar-refractivity contribution in [3.63, 3.8) is 0 Å². The molecule has 0 aliphatic carbocycles. The molecule has 1 saturated heterocycles. The van der Waals surface area contributed by atoms with Crippen LogP contribution in [0.1, 0.15) is 17.5 Å². The Kier molecular flexibility index (Phi) is 6.88. The Labute approximate surface area is 140 Å². The van der Waals surface area contributed by atoms with E-state index in [4.69, 9.17) is 0 Å². The summed E-state index contributed by atoms with van der Waals surface area (Å²) in [4.78, 5) is 0. The molecule has 0 bridgehead atoms. The molecule has 132 valence electrons. The summed E-state index contributed by atoms with van der Waals surface area (Å²) in [5.74, 6) is -0.410. The molecule has 1 aromatic rings. The van der Waals surface area contributed by atoms with Crippen molar-refractivity contribution in [2.45, 2.75) is 18.3 Å². The van der Waals surface area contributed by atoms with Gasteiger partial charge in [0.15, 0.2) is 0 Å². The monoisotopic (exact) mass is 372 g/mol. The number of nitrogens with zero attached hydrogens (tertiary/aromatic N) is 1. The summed E-state index contributed by atoms with van der Waals surface area (Å²) in [6.45, 7) is 1.42. The second kappa shape index (κ2) is 7.83. The standard InChI is InChI=1S/C14H19F3N2O2S.ClH/c1-18-8-11-6-7-19(9-11)22(20,21)10-12-4-2-3-5-13(12)14(15,16)17;/h2-5,11,18H,6-10H2,1H3;1H. The van der Waals surface area contributed by atoms with Crippen molar-refractivity contribution >= 4 is 22.4 Å². The number of sulfonamides is 1. The molecule has 1 atom stereocenters. The van der Waals surface area contributed by atoms with Gasteiger partial charge in [-0.3, -0.25) is 0 Å². The van der Waals surface area contributed by atoms with Gasteiger partial charge in [-0.2, -0.15) is 13.2 Å². The van der Waals surface area contributed by atoms with Crippen molar-refractivity contribution in [3.05, 3.63) is 35.4 Å². The predicted octanol–water partition coefficient (Wildman–Crippen LogP) is 2.50. The molecule has 0 radical (unpaired) electrons. The number of hydrogen-bond acceptors (Lipinski definition) is 3. The molecule has 1 aliphatic rings. The molecule has 0 saturated carbocycles. The molecule has 0 amide bonds. The molecule has 0 aromatic heterocycles. The van der Waals surface area contributed by atoms with Gasteiger partial charge in [-0.1, -0.05) is 18.2 Å². The third kappa shape index (κ3) is 5.07. The van der Waals surface area contributed by atoms with Crippen LogP contribution in [0, 0.1) is 5.92 Å². The first-order chi connectivity index (χ1) is 10.2. The first-order valence-electron chi connectivity index (χ1n) is 7.01. The number of halogens is 4. The second-order valence-corrected chi connectivity index (χ2v) is 7.45. The molecular weight excluding hydrogens is 353 g/mol. The van der Waals surface area contributed by atoms with Crippen molar-refractivity contribution in [1.29, 1.82) is 0 Å². The summed E-state index contributed by atoms with van der Waals surface area (Å²) < 4.78 is 64.9. The fourth-order valence-electron chi connectivity index (χ4n) is 2.72. The minimum Gasteiger partial charge on any atom is -0.319 e. The molecule has 0 spiro atoms. The zero-order chi connectivity index (χ0) is 16.4. The second-order valence-electron chi connectivity index (χ2n) is 5.48. The van der Waals surface area contributed by atoms with Crippen molar-refractivity contribution in [2.75, 3.05) is 26.7 Å². The van der Waals surface area contributed by atoms with E-state index in [9.17, 15) is 21.6 Å². The Morgan fingerprint density at radius 2 is 1.96 bits per heavy atom. The molecule has 2 rings (SSSR count). The zero-order valence-corrected chi connectivity index (χ0v) is 14.3. The van der Waals surface area contributed by atoms with E-state index >= 15 is 0 Å². The van der Waals surface area contributed by atoms with Crippen LogP contribution in [-0.4, -0.2) is 39.4 Å². The minimum absolute atomic E-state index is 0. The summed E-state index contributed by atoms with van der Waals surface area (Å²) in [6, 6.07) is 4.83. The van der Waals surface area contributed by atoms with Crippen molar-refractivity contribution < 1.29 is 21.6 Å². The maximum Gasteiger partial charge on any atom is 0.416 e. The highest BCUT2D eigenvalue weighted by molar-refractivity contribution is 7.88. The fourth-order valence-corrected chi connectivity index (χ4v) is 4.36. The quantitative estimate of drug-likeness (QED) is 0.864. The van der Waals surface area contributed by atoms with Crippen LogP contribution >= 0.6 is 12.4 Å². The average Bonchev–Trinajstić information content (AvgIpc) is 2.87. The van der Waals surface area contributed by atoms with Gasteiger partial charge < -0.3 is 5.32 Å². The van der Waals surface area contributed by atoms with Gasteiger partial charge in [0.05, 0.1) is 11.3 Å². The van der Waals surface area contributed by atoms with E-state index in [1.807, 2.05) is 0 Å². The van der Waals surface area contributed by atoms with Gasteiger partial charge in [-0.25, -0.2) is 12.7 Å². The molecule has 1 fully saturated rings. The lowest BCUT2D eigenvalue weighted by molar-refractivity contribution is -0.138. The highest BCUT2D eigenvalue weighted by Crippen LogP contribution is 2.33. The van der Waals surface area contributed by atoms with E-state index < -0.39 is 27.5 Å². The largest absolute Gasteiger partial charge is 0.416 e. The zero-order valence-electron chi connectivity index (χ0n) is 12.6. The van der Waals surface area contributed by atoms with Gasteiger partial charge in [0.1, 0.15) is 0 Å². The molecular formula is C14H20ClF3N2O2S. The summed E-state index contributed by atoms with van der Waals surface area (Å²) in [6.07, 6.45) is -3.83. The summed E-state index contributed by atoms with van der Waals surface area (Å²) in [7, 11) is -1.95. The van der Waals surface area contributed by atoms with Gasteiger partial charge in [0.25, 0.3) is 0 Å². The molecule has 1 aliphatic heterocycles. The van der Waals surface area contributed by atoms with Crippen LogP contribution in [-0.2, 0) is 22.0 Å². The van der Waals surface area contributed by atoms with Crippen LogP contribution in [0.4, 0.5) is 13.2 Å². The SMILES string of the molecule is CNCC1CCN(S(=O)(=O)Cc2ccccc2C(F)(F)F)C1.Cl. The number of rotatable bonds is 5. The lowest BCUT2D eigenvalue weighted by atomic mass is 10.1. The molecule has 9 heteroatoms. The van der Waals surface area contributed by atoms with E-state index in [1.54, 1.807) is 7.05 Å². The first-order valence-corrected chi connectivity index (χ1v) is 8.62. The lowest BCUT2D eigenvalue weighted by Crippen LogP contribution is -2.32. The first kappa shape index (κ1) is 20.2. The fraction of sp³-hybridized carbons (Fsp3) is 0.571. The van der Waals surface area contributed by atoms with Crippen LogP contribution in [0.15, 0.2) is 24.3 Å². The summed E-state index contributed by atoms with van der Waals surface area (Å²) >= 11 is 0. The Bertz CT molecular complexity index is 623. The average molecular weight is 373 g/mol. The molecule has 23 heavy (non-hydrogen) atoms. The Morgan fingerprint density at radius 3 is 2.57 bits per heavy atom. The topological polar surface area (TPSA) is 49.4 Å². The molecule has 4 nitrogen and oxygen atoms in total. The smallest absolute Gasteiger partial charge is 0.319 e. The number of hydrogen-bond donors (Lipinski definition) is 1. The maximum atomic E-state index is 12.9. The van der Waals surface area contributed by atoms with Crippen LogP contribution in [0.2, 0.25) is 0 Å². The lowest BCUT2D eigenvalue weighted by Gasteiger charge is -2.18. The van der Waals surface area contributed by atoms with Crippen LogP contribution in [0.25, 0.3) is 0 Å². The minimum atomic E-state index is -4.55. The van der Waals surface area contributed by atoms with Gasteiger partial charge in [-0.05, 0) is 37.6 Å². The maximum absolute atomic E-state index is 12.9. The normalized spacial score (nSPS) is 19.6. The van der Waals surface area contributed by atoms with Crippen LogP contribution in [0.5, 0.6) is 0 Å². The van der Waals surface area contributed by atoms with Gasteiger partial charge >= 0.3 is 6.18 Å².